The third kappa shape index (κ3) is 4.06. The van der Waals surface area contributed by atoms with Crippen molar-refractivity contribution in [2.45, 2.75) is 45.4 Å². The zero-order valence-corrected chi connectivity index (χ0v) is 16.8. The summed E-state index contributed by atoms with van der Waals surface area (Å²) in [5.74, 6) is 0.438. The van der Waals surface area contributed by atoms with E-state index in [1.165, 1.54) is 0 Å². The van der Waals surface area contributed by atoms with Crippen LogP contribution in [0.1, 0.15) is 33.3 Å². The van der Waals surface area contributed by atoms with E-state index in [4.69, 9.17) is 20.9 Å². The fourth-order valence-corrected chi connectivity index (χ4v) is 4.49. The molecule has 0 amide bonds. The fourth-order valence-electron chi connectivity index (χ4n) is 2.97. The molecule has 2 saturated heterocycles. The van der Waals surface area contributed by atoms with Crippen LogP contribution in [0.2, 0.25) is 5.02 Å². The molecule has 25 heavy (non-hydrogen) atoms. The van der Waals surface area contributed by atoms with Crippen molar-refractivity contribution >= 4 is 34.0 Å². The van der Waals surface area contributed by atoms with Crippen LogP contribution in [0.15, 0.2) is 18.2 Å². The minimum Gasteiger partial charge on any atom is -0.399 e. The van der Waals surface area contributed by atoms with Gasteiger partial charge in [0.25, 0.3) is 0 Å². The van der Waals surface area contributed by atoms with Gasteiger partial charge in [0.15, 0.2) is 9.84 Å². The summed E-state index contributed by atoms with van der Waals surface area (Å²) in [5.41, 5.74) is 1.11. The minimum absolute atomic E-state index is 0.219. The highest BCUT2D eigenvalue weighted by Gasteiger charge is 2.51. The normalized spacial score (nSPS) is 25.2. The lowest BCUT2D eigenvalue weighted by molar-refractivity contribution is 0.00578. The van der Waals surface area contributed by atoms with Crippen LogP contribution in [-0.4, -0.2) is 56.2 Å². The lowest BCUT2D eigenvalue weighted by Crippen LogP contribution is -2.41. The van der Waals surface area contributed by atoms with Gasteiger partial charge in [-0.15, -0.1) is 0 Å². The second-order valence-electron chi connectivity index (χ2n) is 7.87. The maximum absolute atomic E-state index is 11.5. The molecule has 0 aliphatic carbocycles. The van der Waals surface area contributed by atoms with E-state index >= 15 is 0 Å². The van der Waals surface area contributed by atoms with Crippen LogP contribution in [0.5, 0.6) is 0 Å². The number of nitrogens with zero attached hydrogens (tertiary/aromatic N) is 1. The molecule has 0 radical (unpaired) electrons. The zero-order chi connectivity index (χ0) is 18.5. The third-order valence-electron chi connectivity index (χ3n) is 5.43. The molecule has 3 rings (SSSR count). The van der Waals surface area contributed by atoms with Crippen LogP contribution in [0, 0.1) is 0 Å². The molecular formula is C17H25BClNO4S. The lowest BCUT2D eigenvalue weighted by atomic mass is 9.79. The SMILES string of the molecule is CC1(C)OB(c2ccc(CN3CCS(=O)(=O)CC3)c(Cl)c2)OC1(C)C. The summed E-state index contributed by atoms with van der Waals surface area (Å²) < 4.78 is 35.2. The van der Waals surface area contributed by atoms with E-state index in [9.17, 15) is 8.42 Å². The average Bonchev–Trinajstić information content (AvgIpc) is 2.71. The largest absolute Gasteiger partial charge is 0.494 e. The molecule has 1 aromatic carbocycles. The third-order valence-corrected chi connectivity index (χ3v) is 7.39. The Morgan fingerprint density at radius 1 is 1.12 bits per heavy atom. The summed E-state index contributed by atoms with van der Waals surface area (Å²) >= 11 is 6.47. The molecule has 8 heteroatoms. The molecule has 0 bridgehead atoms. The highest BCUT2D eigenvalue weighted by molar-refractivity contribution is 7.91. The molecule has 0 aromatic heterocycles. The predicted molar refractivity (Wildman–Crippen MR) is 101 cm³/mol. The van der Waals surface area contributed by atoms with E-state index in [0.29, 0.717) is 24.7 Å². The van der Waals surface area contributed by atoms with Crippen LogP contribution < -0.4 is 5.46 Å². The molecule has 2 heterocycles. The van der Waals surface area contributed by atoms with Gasteiger partial charge < -0.3 is 9.31 Å². The summed E-state index contributed by atoms with van der Waals surface area (Å²) in [5, 5.41) is 0.653. The standard InChI is InChI=1S/C17H25BClNO4S/c1-16(2)17(3,4)24-18(23-16)14-6-5-13(15(19)11-14)12-20-7-9-25(21,22)10-8-20/h5-6,11H,7-10,12H2,1-4H3. The Kier molecular flexibility index (Phi) is 5.01. The Labute approximate surface area is 155 Å². The minimum atomic E-state index is -2.87. The van der Waals surface area contributed by atoms with Gasteiger partial charge in [-0.2, -0.15) is 0 Å². The average molecular weight is 386 g/mol. The zero-order valence-electron chi connectivity index (χ0n) is 15.2. The van der Waals surface area contributed by atoms with Crippen LogP contribution in [0.25, 0.3) is 0 Å². The van der Waals surface area contributed by atoms with Crippen molar-refractivity contribution in [1.82, 2.24) is 4.90 Å². The molecule has 0 atom stereocenters. The van der Waals surface area contributed by atoms with Crippen molar-refractivity contribution in [3.8, 4) is 0 Å². The van der Waals surface area contributed by atoms with Crippen LogP contribution in [0.3, 0.4) is 0 Å². The quantitative estimate of drug-likeness (QED) is 0.744. The second kappa shape index (κ2) is 6.53. The number of sulfone groups is 1. The fraction of sp³-hybridized carbons (Fsp3) is 0.647. The molecule has 2 aliphatic heterocycles. The van der Waals surface area contributed by atoms with Gasteiger partial charge in [-0.1, -0.05) is 23.7 Å². The van der Waals surface area contributed by atoms with Crippen molar-refractivity contribution in [3.05, 3.63) is 28.8 Å². The molecule has 5 nitrogen and oxygen atoms in total. The van der Waals surface area contributed by atoms with Gasteiger partial charge in [-0.3, -0.25) is 4.90 Å². The van der Waals surface area contributed by atoms with Gasteiger partial charge in [0.1, 0.15) is 0 Å². The van der Waals surface area contributed by atoms with Gasteiger partial charge in [0.05, 0.1) is 22.7 Å². The first kappa shape index (κ1) is 19.2. The van der Waals surface area contributed by atoms with Crippen molar-refractivity contribution < 1.29 is 17.7 Å². The number of halogens is 1. The summed E-state index contributed by atoms with van der Waals surface area (Å²) in [4.78, 5) is 2.12. The topological polar surface area (TPSA) is 55.8 Å². The van der Waals surface area contributed by atoms with Crippen LogP contribution in [-0.2, 0) is 25.7 Å². The predicted octanol–water partition coefficient (Wildman–Crippen LogP) is 1.87. The maximum Gasteiger partial charge on any atom is 0.494 e. The van der Waals surface area contributed by atoms with Crippen molar-refractivity contribution in [2.75, 3.05) is 24.6 Å². The van der Waals surface area contributed by atoms with Crippen LogP contribution in [0.4, 0.5) is 0 Å². The highest BCUT2D eigenvalue weighted by Crippen LogP contribution is 2.36. The number of hydrogen-bond acceptors (Lipinski definition) is 5. The Morgan fingerprint density at radius 2 is 1.68 bits per heavy atom. The first-order chi connectivity index (χ1) is 11.5. The van der Waals surface area contributed by atoms with Gasteiger partial charge in [-0.05, 0) is 44.8 Å². The number of rotatable bonds is 3. The molecule has 0 spiro atoms. The Morgan fingerprint density at radius 3 is 2.20 bits per heavy atom. The summed E-state index contributed by atoms with van der Waals surface area (Å²) in [6, 6.07) is 5.84. The van der Waals surface area contributed by atoms with E-state index in [-0.39, 0.29) is 22.7 Å². The van der Waals surface area contributed by atoms with E-state index in [2.05, 4.69) is 4.90 Å². The number of hydrogen-bond donors (Lipinski definition) is 0. The summed E-state index contributed by atoms with van der Waals surface area (Å²) in [6.07, 6.45) is 0. The van der Waals surface area contributed by atoms with Crippen LogP contribution >= 0.6 is 11.6 Å². The number of benzene rings is 1. The molecule has 138 valence electrons. The maximum atomic E-state index is 11.5. The lowest BCUT2D eigenvalue weighted by Gasteiger charge is -2.32. The first-order valence-electron chi connectivity index (χ1n) is 8.56. The highest BCUT2D eigenvalue weighted by atomic mass is 35.5. The summed E-state index contributed by atoms with van der Waals surface area (Å²) in [7, 11) is -3.30. The van der Waals surface area contributed by atoms with Crippen molar-refractivity contribution in [3.63, 3.8) is 0 Å². The first-order valence-corrected chi connectivity index (χ1v) is 10.8. The smallest absolute Gasteiger partial charge is 0.399 e. The molecule has 0 saturated carbocycles. The Hall–Kier alpha value is -0.595. The molecule has 0 unspecified atom stereocenters. The summed E-state index contributed by atoms with van der Waals surface area (Å²) in [6.45, 7) is 9.84. The second-order valence-corrected chi connectivity index (χ2v) is 10.6. The van der Waals surface area contributed by atoms with Crippen molar-refractivity contribution in [2.24, 2.45) is 0 Å². The van der Waals surface area contributed by atoms with Crippen molar-refractivity contribution in [1.29, 1.82) is 0 Å². The van der Waals surface area contributed by atoms with E-state index in [0.717, 1.165) is 11.0 Å². The molecule has 1 aromatic rings. The Balaban J connectivity index is 1.70. The van der Waals surface area contributed by atoms with Gasteiger partial charge in [-0.25, -0.2) is 8.42 Å². The van der Waals surface area contributed by atoms with E-state index < -0.39 is 17.0 Å². The Bertz CT molecular complexity index is 736. The van der Waals surface area contributed by atoms with Gasteiger partial charge in [0.2, 0.25) is 0 Å². The van der Waals surface area contributed by atoms with E-state index in [1.54, 1.807) is 0 Å². The molecule has 2 aliphatic rings. The monoisotopic (exact) mass is 385 g/mol. The van der Waals surface area contributed by atoms with E-state index in [1.807, 2.05) is 45.9 Å². The molecule has 0 N–H and O–H groups in total. The molecule has 2 fully saturated rings. The van der Waals surface area contributed by atoms with Gasteiger partial charge >= 0.3 is 7.12 Å². The molecular weight excluding hydrogens is 361 g/mol. The van der Waals surface area contributed by atoms with Gasteiger partial charge in [0, 0.05) is 24.7 Å².